The first-order valence-corrected chi connectivity index (χ1v) is 10.8. The molecule has 1 atom stereocenters. The van der Waals surface area contributed by atoms with Gasteiger partial charge in [-0.1, -0.05) is 6.92 Å². The van der Waals surface area contributed by atoms with Crippen LogP contribution in [0.25, 0.3) is 0 Å². The number of carbonyl (C=O) groups excluding carboxylic acids is 1. The Bertz CT molecular complexity index is 775. The van der Waals surface area contributed by atoms with Gasteiger partial charge in [-0.15, -0.1) is 0 Å². The second-order valence-electron chi connectivity index (χ2n) is 6.86. The van der Waals surface area contributed by atoms with Crippen LogP contribution in [-0.4, -0.2) is 75.5 Å². The predicted octanol–water partition coefficient (Wildman–Crippen LogP) is 0.679. The summed E-state index contributed by atoms with van der Waals surface area (Å²) in [6.07, 6.45) is 0.882. The zero-order chi connectivity index (χ0) is 19.4. The van der Waals surface area contributed by atoms with Gasteiger partial charge in [-0.2, -0.15) is 4.31 Å². The Kier molecular flexibility index (Phi) is 6.23. The Morgan fingerprint density at radius 3 is 2.48 bits per heavy atom. The molecular weight excluding hydrogens is 370 g/mol. The Morgan fingerprint density at radius 1 is 1.15 bits per heavy atom. The minimum absolute atomic E-state index is 0.0208. The zero-order valence-corrected chi connectivity index (χ0v) is 16.6. The van der Waals surface area contributed by atoms with E-state index in [1.54, 1.807) is 12.1 Å². The Labute approximate surface area is 160 Å². The number of rotatable bonds is 6. The molecule has 1 amide bonds. The molecule has 8 nitrogen and oxygen atoms in total. The van der Waals surface area contributed by atoms with Gasteiger partial charge < -0.3 is 14.8 Å². The van der Waals surface area contributed by atoms with Crippen molar-refractivity contribution in [1.29, 1.82) is 0 Å². The van der Waals surface area contributed by atoms with E-state index >= 15 is 0 Å². The molecule has 2 aliphatic heterocycles. The van der Waals surface area contributed by atoms with Gasteiger partial charge in [-0.3, -0.25) is 9.69 Å². The first kappa shape index (κ1) is 19.9. The summed E-state index contributed by atoms with van der Waals surface area (Å²) in [5.74, 6) is 1.01. The number of hydrogen-bond acceptors (Lipinski definition) is 6. The summed E-state index contributed by atoms with van der Waals surface area (Å²) in [4.78, 5) is 14.2. The summed E-state index contributed by atoms with van der Waals surface area (Å²) in [6, 6.07) is 4.86. The third-order valence-electron chi connectivity index (χ3n) is 4.87. The summed E-state index contributed by atoms with van der Waals surface area (Å²) in [5, 5.41) is 2.93. The van der Waals surface area contributed by atoms with Crippen LogP contribution in [0.3, 0.4) is 0 Å². The molecule has 2 aliphatic rings. The number of fused-ring (bicyclic) bond motifs is 1. The van der Waals surface area contributed by atoms with Gasteiger partial charge in [0, 0.05) is 38.3 Å². The van der Waals surface area contributed by atoms with Gasteiger partial charge in [0.1, 0.15) is 13.2 Å². The molecule has 0 unspecified atom stereocenters. The number of benzene rings is 1. The monoisotopic (exact) mass is 397 g/mol. The molecule has 1 N–H and O–H groups in total. The number of amides is 1. The van der Waals surface area contributed by atoms with Crippen LogP contribution in [-0.2, 0) is 14.8 Å². The standard InChI is InChI=1S/C18H27N3O5S/c1-3-14(2)19-18(22)13-20-6-8-21(9-7-20)27(23,24)15-4-5-16-17(12-15)26-11-10-25-16/h4-5,12,14H,3,6-11,13H2,1-2H3,(H,19,22)/t14-/m1/s1. The molecular formula is C18H27N3O5S. The summed E-state index contributed by atoms with van der Waals surface area (Å²) < 4.78 is 38.2. The second kappa shape index (κ2) is 8.45. The number of hydrogen-bond donors (Lipinski definition) is 1. The average Bonchev–Trinajstić information content (AvgIpc) is 2.67. The van der Waals surface area contributed by atoms with Crippen LogP contribution in [0.5, 0.6) is 11.5 Å². The van der Waals surface area contributed by atoms with Crippen molar-refractivity contribution < 1.29 is 22.7 Å². The summed E-state index contributed by atoms with van der Waals surface area (Å²) >= 11 is 0. The number of ether oxygens (including phenoxy) is 2. The van der Waals surface area contributed by atoms with E-state index in [1.165, 1.54) is 10.4 Å². The third kappa shape index (κ3) is 4.72. The molecule has 2 heterocycles. The van der Waals surface area contributed by atoms with E-state index in [4.69, 9.17) is 9.47 Å². The molecule has 150 valence electrons. The maximum absolute atomic E-state index is 12.9. The first-order chi connectivity index (χ1) is 12.9. The Morgan fingerprint density at radius 2 is 1.81 bits per heavy atom. The fraction of sp³-hybridized carbons (Fsp3) is 0.611. The van der Waals surface area contributed by atoms with Crippen molar-refractivity contribution >= 4 is 15.9 Å². The van der Waals surface area contributed by atoms with Crippen LogP contribution in [0.2, 0.25) is 0 Å². The predicted molar refractivity (Wildman–Crippen MR) is 101 cm³/mol. The highest BCUT2D eigenvalue weighted by Gasteiger charge is 2.30. The largest absolute Gasteiger partial charge is 0.486 e. The summed E-state index contributed by atoms with van der Waals surface area (Å²) in [6.45, 7) is 6.92. The van der Waals surface area contributed by atoms with Crippen molar-refractivity contribution in [2.24, 2.45) is 0 Å². The highest BCUT2D eigenvalue weighted by molar-refractivity contribution is 7.89. The van der Waals surface area contributed by atoms with Gasteiger partial charge in [0.25, 0.3) is 0 Å². The van der Waals surface area contributed by atoms with Crippen LogP contribution in [0.15, 0.2) is 23.1 Å². The summed E-state index contributed by atoms with van der Waals surface area (Å²) in [5.41, 5.74) is 0. The fourth-order valence-corrected chi connectivity index (χ4v) is 4.52. The molecule has 0 bridgehead atoms. The van der Waals surface area contributed by atoms with Gasteiger partial charge in [0.2, 0.25) is 15.9 Å². The van der Waals surface area contributed by atoms with Crippen molar-refractivity contribution in [2.75, 3.05) is 45.9 Å². The van der Waals surface area contributed by atoms with Crippen LogP contribution in [0.4, 0.5) is 0 Å². The van der Waals surface area contributed by atoms with Crippen molar-refractivity contribution in [2.45, 2.75) is 31.2 Å². The fourth-order valence-electron chi connectivity index (χ4n) is 3.09. The number of nitrogens with zero attached hydrogens (tertiary/aromatic N) is 2. The van der Waals surface area contributed by atoms with Crippen LogP contribution in [0, 0.1) is 0 Å². The molecule has 1 fully saturated rings. The summed E-state index contributed by atoms with van der Waals surface area (Å²) in [7, 11) is -3.60. The molecule has 9 heteroatoms. The van der Waals surface area contributed by atoms with Gasteiger partial charge in [0.15, 0.2) is 11.5 Å². The van der Waals surface area contributed by atoms with E-state index in [0.717, 1.165) is 6.42 Å². The average molecular weight is 397 g/mol. The molecule has 0 radical (unpaired) electrons. The molecule has 0 spiro atoms. The quantitative estimate of drug-likeness (QED) is 0.760. The van der Waals surface area contributed by atoms with E-state index in [9.17, 15) is 13.2 Å². The highest BCUT2D eigenvalue weighted by Crippen LogP contribution is 2.33. The highest BCUT2D eigenvalue weighted by atomic mass is 32.2. The van der Waals surface area contributed by atoms with Crippen LogP contribution < -0.4 is 14.8 Å². The molecule has 0 aliphatic carbocycles. The van der Waals surface area contributed by atoms with Gasteiger partial charge in [-0.25, -0.2) is 8.42 Å². The van der Waals surface area contributed by atoms with E-state index in [2.05, 4.69) is 5.32 Å². The van der Waals surface area contributed by atoms with Crippen molar-refractivity contribution in [3.8, 4) is 11.5 Å². The molecule has 0 saturated carbocycles. The van der Waals surface area contributed by atoms with E-state index in [-0.39, 0.29) is 16.8 Å². The topological polar surface area (TPSA) is 88.2 Å². The van der Waals surface area contributed by atoms with Crippen molar-refractivity contribution in [3.05, 3.63) is 18.2 Å². The van der Waals surface area contributed by atoms with Crippen molar-refractivity contribution in [3.63, 3.8) is 0 Å². The molecule has 27 heavy (non-hydrogen) atoms. The lowest BCUT2D eigenvalue weighted by Crippen LogP contribution is -2.51. The molecule has 1 aromatic carbocycles. The minimum atomic E-state index is -3.60. The maximum atomic E-state index is 12.9. The normalized spacial score (nSPS) is 19.5. The first-order valence-electron chi connectivity index (χ1n) is 9.31. The molecule has 1 saturated heterocycles. The van der Waals surface area contributed by atoms with Crippen LogP contribution >= 0.6 is 0 Å². The lowest BCUT2D eigenvalue weighted by molar-refractivity contribution is -0.123. The minimum Gasteiger partial charge on any atom is -0.486 e. The third-order valence-corrected chi connectivity index (χ3v) is 6.76. The molecule has 3 rings (SSSR count). The van der Waals surface area contributed by atoms with E-state index in [0.29, 0.717) is 57.4 Å². The van der Waals surface area contributed by atoms with Crippen LogP contribution in [0.1, 0.15) is 20.3 Å². The van der Waals surface area contributed by atoms with E-state index < -0.39 is 10.0 Å². The Hall–Kier alpha value is -1.84. The molecule has 1 aromatic rings. The SMILES string of the molecule is CC[C@@H](C)NC(=O)CN1CCN(S(=O)(=O)c2ccc3c(c2)OCCO3)CC1. The zero-order valence-electron chi connectivity index (χ0n) is 15.8. The number of carbonyl (C=O) groups is 1. The van der Waals surface area contributed by atoms with Gasteiger partial charge in [-0.05, 0) is 25.5 Å². The number of nitrogens with one attached hydrogen (secondary N) is 1. The second-order valence-corrected chi connectivity index (χ2v) is 8.80. The lowest BCUT2D eigenvalue weighted by atomic mass is 10.2. The van der Waals surface area contributed by atoms with Crippen molar-refractivity contribution in [1.82, 2.24) is 14.5 Å². The number of sulfonamides is 1. The smallest absolute Gasteiger partial charge is 0.243 e. The Balaban J connectivity index is 1.59. The molecule has 0 aromatic heterocycles. The van der Waals surface area contributed by atoms with Gasteiger partial charge >= 0.3 is 0 Å². The number of piperazine rings is 1. The lowest BCUT2D eigenvalue weighted by Gasteiger charge is -2.33. The van der Waals surface area contributed by atoms with Gasteiger partial charge in [0.05, 0.1) is 11.4 Å². The van der Waals surface area contributed by atoms with E-state index in [1.807, 2.05) is 18.7 Å². The maximum Gasteiger partial charge on any atom is 0.243 e.